The molecule has 0 amide bonds. The van der Waals surface area contributed by atoms with Gasteiger partial charge in [0.2, 0.25) is 5.71 Å². The minimum atomic E-state index is -0.289. The minimum Gasteiger partial charge on any atom is -0.438 e. The molecule has 170 valence electrons. The van der Waals surface area contributed by atoms with Gasteiger partial charge >= 0.3 is 0 Å². The van der Waals surface area contributed by atoms with Crippen LogP contribution in [0.25, 0.3) is 44.9 Å². The van der Waals surface area contributed by atoms with E-state index in [0.29, 0.717) is 12.3 Å². The highest BCUT2D eigenvalue weighted by atomic mass is 19.1. The van der Waals surface area contributed by atoms with Crippen molar-refractivity contribution in [2.45, 2.75) is 31.9 Å². The number of benzene rings is 2. The summed E-state index contributed by atoms with van der Waals surface area (Å²) >= 11 is 0. The molecule has 1 unspecified atom stereocenters. The molecule has 0 N–H and O–H groups in total. The Balaban J connectivity index is 1.52. The van der Waals surface area contributed by atoms with E-state index in [2.05, 4.69) is 23.8 Å². The van der Waals surface area contributed by atoms with Crippen LogP contribution in [-0.4, -0.2) is 32.0 Å². The highest BCUT2D eigenvalue weighted by Gasteiger charge is 2.34. The normalized spacial score (nSPS) is 17.4. The second kappa shape index (κ2) is 7.88. The highest BCUT2D eigenvalue weighted by Crippen LogP contribution is 2.39. The van der Waals surface area contributed by atoms with Crippen molar-refractivity contribution < 1.29 is 13.5 Å². The molecule has 0 bridgehead atoms. The number of aromatic nitrogens is 4. The van der Waals surface area contributed by atoms with Gasteiger partial charge in [-0.15, -0.1) is 0 Å². The van der Waals surface area contributed by atoms with Crippen LogP contribution in [0.5, 0.6) is 0 Å². The van der Waals surface area contributed by atoms with E-state index in [1.165, 1.54) is 18.5 Å². The van der Waals surface area contributed by atoms with E-state index in [0.717, 1.165) is 45.6 Å². The number of ether oxygens (including phenoxy) is 1. The summed E-state index contributed by atoms with van der Waals surface area (Å²) in [4.78, 5) is 8.98. The number of halogens is 1. The van der Waals surface area contributed by atoms with Crippen molar-refractivity contribution in [2.75, 3.05) is 6.61 Å². The van der Waals surface area contributed by atoms with Crippen LogP contribution in [0.2, 0.25) is 0 Å². The van der Waals surface area contributed by atoms with Gasteiger partial charge in [-0.05, 0) is 44.2 Å². The fourth-order valence-corrected chi connectivity index (χ4v) is 4.56. The van der Waals surface area contributed by atoms with Gasteiger partial charge in [0, 0.05) is 29.3 Å². The fraction of sp³-hybridized carbons (Fsp3) is 0.222. The summed E-state index contributed by atoms with van der Waals surface area (Å²) in [6.45, 7) is 4.76. The van der Waals surface area contributed by atoms with E-state index in [4.69, 9.17) is 14.3 Å². The van der Waals surface area contributed by atoms with Crippen LogP contribution in [0.3, 0.4) is 0 Å². The molecular weight excluding hydrogens is 431 g/mol. The quantitative estimate of drug-likeness (QED) is 0.319. The van der Waals surface area contributed by atoms with E-state index in [-0.39, 0.29) is 17.5 Å². The molecule has 1 aliphatic heterocycles. The topological polar surface area (TPSA) is 66.0 Å². The first-order chi connectivity index (χ1) is 16.5. The van der Waals surface area contributed by atoms with Crippen LogP contribution in [-0.2, 0) is 4.74 Å². The van der Waals surface area contributed by atoms with Crippen molar-refractivity contribution in [1.82, 2.24) is 19.7 Å². The number of hydrogen-bond acceptors (Lipinski definition) is 5. The molecule has 0 radical (unpaired) electrons. The monoisotopic (exact) mass is 454 g/mol. The lowest BCUT2D eigenvalue weighted by molar-refractivity contribution is 0.0350. The van der Waals surface area contributed by atoms with E-state index < -0.39 is 0 Å². The molecule has 7 heteroatoms. The Morgan fingerprint density at radius 2 is 1.76 bits per heavy atom. The van der Waals surface area contributed by atoms with Crippen LogP contribution in [0.15, 0.2) is 77.6 Å². The first-order valence-electron chi connectivity index (χ1n) is 11.3. The average molecular weight is 455 g/mol. The Kier molecular flexibility index (Phi) is 4.81. The molecule has 6 nitrogen and oxygen atoms in total. The van der Waals surface area contributed by atoms with E-state index >= 15 is 0 Å². The van der Waals surface area contributed by atoms with Gasteiger partial charge in [-0.25, -0.2) is 14.4 Å². The Labute approximate surface area is 196 Å². The van der Waals surface area contributed by atoms with Crippen LogP contribution >= 0.6 is 0 Å². The van der Waals surface area contributed by atoms with E-state index in [9.17, 15) is 4.39 Å². The summed E-state index contributed by atoms with van der Waals surface area (Å²) < 4.78 is 27.6. The Morgan fingerprint density at radius 3 is 2.50 bits per heavy atom. The maximum Gasteiger partial charge on any atom is 0.230 e. The lowest BCUT2D eigenvalue weighted by atomic mass is 10.0. The zero-order chi connectivity index (χ0) is 23.3. The summed E-state index contributed by atoms with van der Waals surface area (Å²) in [5.41, 5.74) is 4.37. The van der Waals surface area contributed by atoms with Gasteiger partial charge in [0.15, 0.2) is 0 Å². The third-order valence-corrected chi connectivity index (χ3v) is 6.26. The molecule has 1 saturated heterocycles. The molecule has 5 aromatic rings. The molecule has 1 aliphatic rings. The molecule has 6 rings (SSSR count). The molecule has 0 aliphatic carbocycles. The zero-order valence-corrected chi connectivity index (χ0v) is 18.9. The minimum absolute atomic E-state index is 0.101. The van der Waals surface area contributed by atoms with Crippen molar-refractivity contribution in [3.8, 4) is 33.8 Å². The van der Waals surface area contributed by atoms with Gasteiger partial charge in [-0.3, -0.25) is 4.68 Å². The predicted molar refractivity (Wildman–Crippen MR) is 128 cm³/mol. The van der Waals surface area contributed by atoms with Gasteiger partial charge in [0.25, 0.3) is 0 Å². The number of furan rings is 1. The van der Waals surface area contributed by atoms with Crippen LogP contribution < -0.4 is 0 Å². The second-order valence-corrected chi connectivity index (χ2v) is 9.22. The lowest BCUT2D eigenvalue weighted by Gasteiger charge is -2.15. The Bertz CT molecular complexity index is 1470. The lowest BCUT2D eigenvalue weighted by Crippen LogP contribution is -2.17. The zero-order valence-electron chi connectivity index (χ0n) is 18.9. The molecular formula is C27H23FN4O2. The summed E-state index contributed by atoms with van der Waals surface area (Å²) in [7, 11) is 0. The summed E-state index contributed by atoms with van der Waals surface area (Å²) in [6, 6.07) is 18.3. The second-order valence-electron chi connectivity index (χ2n) is 9.22. The van der Waals surface area contributed by atoms with Gasteiger partial charge in [-0.1, -0.05) is 30.3 Å². The molecule has 1 fully saturated rings. The average Bonchev–Trinajstić information content (AvgIpc) is 3.56. The number of rotatable bonds is 4. The summed E-state index contributed by atoms with van der Waals surface area (Å²) in [6.07, 6.45) is 4.36. The van der Waals surface area contributed by atoms with Gasteiger partial charge < -0.3 is 9.15 Å². The van der Waals surface area contributed by atoms with Crippen molar-refractivity contribution in [2.24, 2.45) is 0 Å². The van der Waals surface area contributed by atoms with Gasteiger partial charge in [-0.2, -0.15) is 5.10 Å². The van der Waals surface area contributed by atoms with E-state index in [1.807, 2.05) is 47.3 Å². The van der Waals surface area contributed by atoms with Gasteiger partial charge in [0.05, 0.1) is 29.3 Å². The van der Waals surface area contributed by atoms with Gasteiger partial charge in [0.1, 0.15) is 23.6 Å². The van der Waals surface area contributed by atoms with Crippen molar-refractivity contribution >= 4 is 11.1 Å². The third-order valence-electron chi connectivity index (χ3n) is 6.26. The van der Waals surface area contributed by atoms with Crippen molar-refractivity contribution in [3.63, 3.8) is 0 Å². The summed E-state index contributed by atoms with van der Waals surface area (Å²) in [5, 5.41) is 5.73. The van der Waals surface area contributed by atoms with Crippen LogP contribution in [0.1, 0.15) is 26.3 Å². The maximum absolute atomic E-state index is 13.7. The Morgan fingerprint density at radius 1 is 0.971 bits per heavy atom. The van der Waals surface area contributed by atoms with Crippen LogP contribution in [0.4, 0.5) is 4.39 Å². The van der Waals surface area contributed by atoms with Crippen molar-refractivity contribution in [3.05, 3.63) is 79.0 Å². The molecule has 4 heterocycles. The maximum atomic E-state index is 13.7. The largest absolute Gasteiger partial charge is 0.438 e. The fourth-order valence-electron chi connectivity index (χ4n) is 4.56. The molecule has 34 heavy (non-hydrogen) atoms. The molecule has 0 spiro atoms. The number of hydrogen-bond donors (Lipinski definition) is 0. The van der Waals surface area contributed by atoms with Crippen LogP contribution in [0, 0.1) is 5.82 Å². The molecule has 1 atom stereocenters. The number of nitrogens with zero attached hydrogens (tertiary/aromatic N) is 4. The van der Waals surface area contributed by atoms with E-state index in [1.54, 1.807) is 12.1 Å². The molecule has 3 aromatic heterocycles. The first-order valence-corrected chi connectivity index (χ1v) is 11.3. The highest BCUT2D eigenvalue weighted by molar-refractivity contribution is 5.95. The smallest absolute Gasteiger partial charge is 0.230 e. The predicted octanol–water partition coefficient (Wildman–Crippen LogP) is 6.30. The standard InChI is InChI=1S/C27H23FN4O2/c1-27(2)13-20(15-33-27)32-14-22(24(31-32)18-8-10-19(28)11-9-18)25-21-12-23(17-6-4-3-5-7-17)34-26(21)30-16-29-25/h3-12,14,16,20H,13,15H2,1-2H3. The molecule has 2 aromatic carbocycles. The first kappa shape index (κ1) is 20.7. The molecule has 0 saturated carbocycles. The van der Waals surface area contributed by atoms with Crippen molar-refractivity contribution in [1.29, 1.82) is 0 Å². The third kappa shape index (κ3) is 3.68. The SMILES string of the molecule is CC1(C)CC(n2cc(-c3ncnc4oc(-c5ccccc5)cc34)c(-c3ccc(F)cc3)n2)CO1. The Hall–Kier alpha value is -3.84. The number of fused-ring (bicyclic) bond motifs is 1. The summed E-state index contributed by atoms with van der Waals surface area (Å²) in [5.74, 6) is 0.432.